The van der Waals surface area contributed by atoms with Gasteiger partial charge >= 0.3 is 20.9 Å². The molecule has 35 heavy (non-hydrogen) atoms. The van der Waals surface area contributed by atoms with Crippen molar-refractivity contribution in [3.8, 4) is 5.75 Å². The van der Waals surface area contributed by atoms with Gasteiger partial charge < -0.3 is 33.2 Å². The Morgan fingerprint density at radius 1 is 0.886 bits per heavy atom. The Morgan fingerprint density at radius 2 is 1.49 bits per heavy atom. The zero-order valence-electron chi connectivity index (χ0n) is 21.3. The first-order valence-electron chi connectivity index (χ1n) is 12.4. The van der Waals surface area contributed by atoms with E-state index in [4.69, 9.17) is 27.9 Å². The first-order valence-corrected chi connectivity index (χ1v) is 14.3. The number of nitrogens with one attached hydrogen (secondary N) is 1. The fraction of sp³-hybridized carbons (Fsp3) is 0.600. The maximum Gasteiger partial charge on any atom is 0.500 e. The Balaban J connectivity index is 2.08. The van der Waals surface area contributed by atoms with Crippen LogP contribution in [-0.4, -0.2) is 65.6 Å². The quantitative estimate of drug-likeness (QED) is 0.145. The fourth-order valence-corrected chi connectivity index (χ4v) is 5.92. The minimum atomic E-state index is -2.67. The molecule has 0 bridgehead atoms. The van der Waals surface area contributed by atoms with Gasteiger partial charge in [0.1, 0.15) is 5.75 Å². The van der Waals surface area contributed by atoms with Gasteiger partial charge in [0, 0.05) is 38.5 Å². The zero-order valence-corrected chi connectivity index (χ0v) is 22.3. The van der Waals surface area contributed by atoms with E-state index in [2.05, 4.69) is 5.32 Å². The molecule has 198 valence electrons. The third-order valence-corrected chi connectivity index (χ3v) is 8.01. The number of benzene rings is 1. The average Bonchev–Trinajstić information content (AvgIpc) is 2.83. The molecule has 0 spiro atoms. The molecular weight excluding hydrogens is 470 g/mol. The van der Waals surface area contributed by atoms with Crippen LogP contribution in [0.3, 0.4) is 0 Å². The maximum absolute atomic E-state index is 11.9. The van der Waals surface area contributed by atoms with Gasteiger partial charge in [-0.1, -0.05) is 12.1 Å². The molecule has 1 aromatic carbocycles. The van der Waals surface area contributed by atoms with Crippen LogP contribution in [-0.2, 0) is 22.8 Å². The van der Waals surface area contributed by atoms with E-state index in [0.29, 0.717) is 52.0 Å². The molecule has 1 aromatic rings. The van der Waals surface area contributed by atoms with Crippen LogP contribution in [0.2, 0.25) is 6.04 Å². The van der Waals surface area contributed by atoms with E-state index >= 15 is 0 Å². The minimum absolute atomic E-state index is 0.382. The van der Waals surface area contributed by atoms with Gasteiger partial charge in [0.05, 0.1) is 13.2 Å². The summed E-state index contributed by atoms with van der Waals surface area (Å²) < 4.78 is 28.3. The van der Waals surface area contributed by atoms with Crippen LogP contribution in [0.15, 0.2) is 30.3 Å². The number of hydrogen-bond acceptors (Lipinski definition) is 7. The van der Waals surface area contributed by atoms with E-state index in [-0.39, 0.29) is 0 Å². The van der Waals surface area contributed by atoms with Gasteiger partial charge in [-0.3, -0.25) is 0 Å². The molecule has 0 saturated carbocycles. The maximum atomic E-state index is 11.9. The first-order chi connectivity index (χ1) is 16.9. The smallest absolute Gasteiger partial charge is 0.494 e. The molecule has 0 aromatic heterocycles. The Labute approximate surface area is 210 Å². The standard InChI is InChI=1S/C25H41NO8Si/c1-4-32-35(33-5-2,34-6-3)21-11-18-26-25(29)31-20-10-8-7-9-19-30-23-15-12-22(13-16-23)14-17-24(27)28/h12-17H,4-11,18-21H2,1-3H3,(H,26,29)(H,27,28)/b17-14+. The second kappa shape index (κ2) is 18.9. The van der Waals surface area contributed by atoms with E-state index in [1.54, 1.807) is 0 Å². The molecule has 0 fully saturated rings. The number of carboxylic acid groups (broad SMARTS) is 1. The molecule has 0 aliphatic heterocycles. The van der Waals surface area contributed by atoms with Crippen molar-refractivity contribution in [1.29, 1.82) is 0 Å². The molecule has 2 N–H and O–H groups in total. The molecule has 0 radical (unpaired) electrons. The molecular formula is C25H41NO8Si. The van der Waals surface area contributed by atoms with Crippen molar-refractivity contribution in [2.75, 3.05) is 39.6 Å². The number of unbranched alkanes of at least 4 members (excludes halogenated alkanes) is 3. The third kappa shape index (κ3) is 14.6. The van der Waals surface area contributed by atoms with Gasteiger partial charge in [-0.15, -0.1) is 0 Å². The fourth-order valence-electron chi connectivity index (χ4n) is 3.30. The zero-order chi connectivity index (χ0) is 25.8. The predicted octanol–water partition coefficient (Wildman–Crippen LogP) is 4.89. The topological polar surface area (TPSA) is 113 Å². The SMILES string of the molecule is CCO[Si](CCCNC(=O)OCCCCCCOc1ccc(/C=C/C(=O)O)cc1)(OCC)OCC. The summed E-state index contributed by atoms with van der Waals surface area (Å²) in [5.41, 5.74) is 0.806. The summed E-state index contributed by atoms with van der Waals surface area (Å²) in [7, 11) is -2.67. The highest BCUT2D eigenvalue weighted by atomic mass is 28.4. The Kier molecular flexibility index (Phi) is 16.5. The molecule has 0 aliphatic carbocycles. The number of ether oxygens (including phenoxy) is 2. The van der Waals surface area contributed by atoms with Gasteiger partial charge in [-0.25, -0.2) is 9.59 Å². The van der Waals surface area contributed by atoms with Crippen LogP contribution in [0.1, 0.15) is 58.4 Å². The second-order valence-electron chi connectivity index (χ2n) is 7.65. The molecule has 1 amide bonds. The van der Waals surface area contributed by atoms with Gasteiger partial charge in [-0.05, 0) is 76.6 Å². The number of alkyl carbamates (subject to hydrolysis) is 1. The summed E-state index contributed by atoms with van der Waals surface area (Å²) in [4.78, 5) is 22.4. The number of rotatable bonds is 20. The summed E-state index contributed by atoms with van der Waals surface area (Å²) in [6.45, 7) is 8.84. The van der Waals surface area contributed by atoms with Crippen LogP contribution >= 0.6 is 0 Å². The molecule has 0 atom stereocenters. The Bertz CT molecular complexity index is 724. The van der Waals surface area contributed by atoms with Crippen LogP contribution in [0.4, 0.5) is 4.79 Å². The summed E-state index contributed by atoms with van der Waals surface area (Å²) in [5, 5.41) is 11.4. The monoisotopic (exact) mass is 511 g/mol. The summed E-state index contributed by atoms with van der Waals surface area (Å²) >= 11 is 0. The highest BCUT2D eigenvalue weighted by molar-refractivity contribution is 6.60. The Hall–Kier alpha value is -2.40. The minimum Gasteiger partial charge on any atom is -0.494 e. The summed E-state index contributed by atoms with van der Waals surface area (Å²) in [5.74, 6) is -0.223. The number of hydrogen-bond donors (Lipinski definition) is 2. The highest BCUT2D eigenvalue weighted by Crippen LogP contribution is 2.18. The number of carboxylic acids is 1. The lowest BCUT2D eigenvalue weighted by molar-refractivity contribution is -0.131. The van der Waals surface area contributed by atoms with E-state index < -0.39 is 20.9 Å². The normalized spacial score (nSPS) is 11.5. The van der Waals surface area contributed by atoms with Crippen molar-refractivity contribution in [2.24, 2.45) is 0 Å². The number of aliphatic carboxylic acids is 1. The van der Waals surface area contributed by atoms with Crippen LogP contribution < -0.4 is 10.1 Å². The molecule has 0 unspecified atom stereocenters. The first kappa shape index (κ1) is 30.6. The largest absolute Gasteiger partial charge is 0.500 e. The van der Waals surface area contributed by atoms with Gasteiger partial charge in [0.2, 0.25) is 0 Å². The van der Waals surface area contributed by atoms with Crippen LogP contribution in [0.5, 0.6) is 5.75 Å². The molecule has 0 aliphatic rings. The van der Waals surface area contributed by atoms with Crippen molar-refractivity contribution < 1.29 is 37.4 Å². The highest BCUT2D eigenvalue weighted by Gasteiger charge is 2.39. The number of amides is 1. The molecule has 10 heteroatoms. The van der Waals surface area contributed by atoms with Crippen molar-refractivity contribution >= 4 is 26.9 Å². The average molecular weight is 512 g/mol. The molecule has 9 nitrogen and oxygen atoms in total. The summed E-state index contributed by atoms with van der Waals surface area (Å²) in [6.07, 6.45) is 6.54. The van der Waals surface area contributed by atoms with E-state index in [9.17, 15) is 9.59 Å². The predicted molar refractivity (Wildman–Crippen MR) is 136 cm³/mol. The van der Waals surface area contributed by atoms with Gasteiger partial charge in [0.25, 0.3) is 0 Å². The second-order valence-corrected chi connectivity index (χ2v) is 10.4. The van der Waals surface area contributed by atoms with E-state index in [1.165, 1.54) is 6.08 Å². The van der Waals surface area contributed by atoms with Crippen molar-refractivity contribution in [2.45, 2.75) is 58.9 Å². The molecule has 1 rings (SSSR count). The lowest BCUT2D eigenvalue weighted by Gasteiger charge is -2.28. The molecule has 0 saturated heterocycles. The van der Waals surface area contributed by atoms with Crippen molar-refractivity contribution in [3.05, 3.63) is 35.9 Å². The van der Waals surface area contributed by atoms with Gasteiger partial charge in [0.15, 0.2) is 0 Å². The number of carbonyl (C=O) groups excluding carboxylic acids is 1. The Morgan fingerprint density at radius 3 is 2.06 bits per heavy atom. The van der Waals surface area contributed by atoms with Crippen LogP contribution in [0, 0.1) is 0 Å². The van der Waals surface area contributed by atoms with E-state index in [1.807, 2.05) is 45.0 Å². The molecule has 0 heterocycles. The third-order valence-electron chi connectivity index (χ3n) is 4.86. The lowest BCUT2D eigenvalue weighted by atomic mass is 10.2. The van der Waals surface area contributed by atoms with Crippen LogP contribution in [0.25, 0.3) is 6.08 Å². The summed E-state index contributed by atoms with van der Waals surface area (Å²) in [6, 6.07) is 7.91. The van der Waals surface area contributed by atoms with Crippen molar-refractivity contribution in [3.63, 3.8) is 0 Å². The van der Waals surface area contributed by atoms with Gasteiger partial charge in [-0.2, -0.15) is 0 Å². The number of carbonyl (C=O) groups is 2. The van der Waals surface area contributed by atoms with E-state index in [0.717, 1.165) is 43.1 Å². The lowest BCUT2D eigenvalue weighted by Crippen LogP contribution is -2.46. The van der Waals surface area contributed by atoms with Crippen molar-refractivity contribution in [1.82, 2.24) is 5.32 Å².